The highest BCUT2D eigenvalue weighted by Crippen LogP contribution is 2.18. The number of carbonyl (C=O) groups is 2. The number of guanidine groups is 1. The van der Waals surface area contributed by atoms with Crippen LogP contribution >= 0.6 is 15.9 Å². The summed E-state index contributed by atoms with van der Waals surface area (Å²) in [6.07, 6.45) is 5.47. The number of hydrogen-bond acceptors (Lipinski definition) is 5. The SMILES string of the molecule is NCCCNCCCCNC(=O)C(NC(=O)CCCCCN=C(N)N)c1ccc(Br)cc1. The second-order valence-electron chi connectivity index (χ2n) is 7.56. The molecule has 1 aromatic carbocycles. The third kappa shape index (κ3) is 13.3. The average molecular weight is 512 g/mol. The number of nitrogens with one attached hydrogen (secondary N) is 3. The van der Waals surface area contributed by atoms with Crippen LogP contribution in [0.3, 0.4) is 0 Å². The highest BCUT2D eigenvalue weighted by molar-refractivity contribution is 9.10. The molecular formula is C22H38BrN7O2. The molecule has 0 aromatic heterocycles. The number of aliphatic imine (C=N–C) groups is 1. The maximum atomic E-state index is 12.8. The first kappa shape index (κ1) is 27.9. The fourth-order valence-corrected chi connectivity index (χ4v) is 3.28. The monoisotopic (exact) mass is 511 g/mol. The van der Waals surface area contributed by atoms with Gasteiger partial charge in [-0.1, -0.05) is 34.5 Å². The van der Waals surface area contributed by atoms with Gasteiger partial charge in [-0.25, -0.2) is 0 Å². The molecule has 0 saturated heterocycles. The second kappa shape index (κ2) is 17.4. The largest absolute Gasteiger partial charge is 0.370 e. The van der Waals surface area contributed by atoms with Gasteiger partial charge < -0.3 is 33.2 Å². The number of hydrogen-bond donors (Lipinski definition) is 6. The molecule has 0 aliphatic heterocycles. The Morgan fingerprint density at radius 3 is 2.31 bits per heavy atom. The Hall–Kier alpha value is -2.17. The van der Waals surface area contributed by atoms with E-state index in [1.807, 2.05) is 24.3 Å². The third-order valence-corrected chi connectivity index (χ3v) is 5.29. The van der Waals surface area contributed by atoms with E-state index in [4.69, 9.17) is 17.2 Å². The second-order valence-corrected chi connectivity index (χ2v) is 8.48. The highest BCUT2D eigenvalue weighted by Gasteiger charge is 2.22. The van der Waals surface area contributed by atoms with E-state index in [2.05, 4.69) is 36.9 Å². The molecule has 9 nitrogen and oxygen atoms in total. The molecule has 1 rings (SSSR count). The molecule has 2 amide bonds. The number of nitrogens with zero attached hydrogens (tertiary/aromatic N) is 1. The van der Waals surface area contributed by atoms with E-state index in [9.17, 15) is 9.59 Å². The van der Waals surface area contributed by atoms with Gasteiger partial charge in [0.15, 0.2) is 5.96 Å². The van der Waals surface area contributed by atoms with Gasteiger partial charge in [0.05, 0.1) is 0 Å². The van der Waals surface area contributed by atoms with Gasteiger partial charge in [-0.3, -0.25) is 14.6 Å². The Labute approximate surface area is 199 Å². The van der Waals surface area contributed by atoms with E-state index < -0.39 is 6.04 Å². The van der Waals surface area contributed by atoms with Crippen LogP contribution in [-0.4, -0.2) is 50.5 Å². The van der Waals surface area contributed by atoms with Crippen molar-refractivity contribution in [2.24, 2.45) is 22.2 Å². The molecule has 0 spiro atoms. The maximum absolute atomic E-state index is 12.8. The minimum Gasteiger partial charge on any atom is -0.370 e. The van der Waals surface area contributed by atoms with Crippen LogP contribution in [0.4, 0.5) is 0 Å². The van der Waals surface area contributed by atoms with Crippen LogP contribution in [0.2, 0.25) is 0 Å². The van der Waals surface area contributed by atoms with Gasteiger partial charge in [0, 0.05) is 24.0 Å². The predicted octanol–water partition coefficient (Wildman–Crippen LogP) is 1.28. The first-order valence-corrected chi connectivity index (χ1v) is 12.0. The molecule has 10 heteroatoms. The lowest BCUT2D eigenvalue weighted by molar-refractivity contribution is -0.129. The van der Waals surface area contributed by atoms with Crippen molar-refractivity contribution in [3.8, 4) is 0 Å². The summed E-state index contributed by atoms with van der Waals surface area (Å²) in [5.41, 5.74) is 16.8. The minimum absolute atomic E-state index is 0.0777. The van der Waals surface area contributed by atoms with Gasteiger partial charge in [0.1, 0.15) is 6.04 Å². The van der Waals surface area contributed by atoms with Gasteiger partial charge in [0.2, 0.25) is 11.8 Å². The molecule has 1 aromatic rings. The van der Waals surface area contributed by atoms with Gasteiger partial charge in [-0.05, 0) is 69.4 Å². The zero-order chi connectivity index (χ0) is 23.6. The van der Waals surface area contributed by atoms with Crippen LogP contribution in [0.25, 0.3) is 0 Å². The average Bonchev–Trinajstić information content (AvgIpc) is 2.76. The van der Waals surface area contributed by atoms with Crippen molar-refractivity contribution in [2.75, 3.05) is 32.7 Å². The summed E-state index contributed by atoms with van der Waals surface area (Å²) in [5, 5.41) is 9.14. The van der Waals surface area contributed by atoms with E-state index in [1.54, 1.807) is 0 Å². The van der Waals surface area contributed by atoms with Gasteiger partial charge in [-0.2, -0.15) is 0 Å². The van der Waals surface area contributed by atoms with Gasteiger partial charge in [0.25, 0.3) is 0 Å². The first-order valence-electron chi connectivity index (χ1n) is 11.2. The van der Waals surface area contributed by atoms with Crippen LogP contribution in [-0.2, 0) is 9.59 Å². The summed E-state index contributed by atoms with van der Waals surface area (Å²) in [6.45, 7) is 3.60. The third-order valence-electron chi connectivity index (χ3n) is 4.76. The number of unbranched alkanes of at least 4 members (excludes halogenated alkanes) is 3. The Kier molecular flexibility index (Phi) is 15.1. The van der Waals surface area contributed by atoms with Crippen molar-refractivity contribution >= 4 is 33.7 Å². The topological polar surface area (TPSA) is 161 Å². The Bertz CT molecular complexity index is 694. The first-order chi connectivity index (χ1) is 15.4. The normalized spacial score (nSPS) is 11.6. The van der Waals surface area contributed by atoms with Crippen molar-refractivity contribution in [1.82, 2.24) is 16.0 Å². The number of benzene rings is 1. The Morgan fingerprint density at radius 1 is 0.938 bits per heavy atom. The van der Waals surface area contributed by atoms with Crippen molar-refractivity contribution in [3.05, 3.63) is 34.3 Å². The fourth-order valence-electron chi connectivity index (χ4n) is 3.01. The summed E-state index contributed by atoms with van der Waals surface area (Å²) < 4.78 is 0.912. The van der Waals surface area contributed by atoms with Crippen LogP contribution in [0, 0.1) is 0 Å². The molecule has 0 fully saturated rings. The number of carbonyl (C=O) groups excluding carboxylic acids is 2. The number of halogens is 1. The Morgan fingerprint density at radius 2 is 1.62 bits per heavy atom. The Balaban J connectivity index is 2.47. The molecule has 9 N–H and O–H groups in total. The number of nitrogens with two attached hydrogens (primary N) is 3. The lowest BCUT2D eigenvalue weighted by Gasteiger charge is -2.19. The highest BCUT2D eigenvalue weighted by atomic mass is 79.9. The molecule has 1 atom stereocenters. The molecule has 0 heterocycles. The summed E-state index contributed by atoms with van der Waals surface area (Å²) in [6, 6.07) is 6.67. The molecule has 0 radical (unpaired) electrons. The quantitative estimate of drug-likeness (QED) is 0.105. The molecule has 32 heavy (non-hydrogen) atoms. The minimum atomic E-state index is -0.722. The molecule has 1 unspecified atom stereocenters. The standard InChI is InChI=1S/C22H38BrN7O2/c23-18-10-8-17(9-11-18)20(21(32)28-15-5-4-13-27-14-6-12-24)30-19(31)7-2-1-3-16-29-22(25)26/h8-11,20,27H,1-7,12-16,24H2,(H,28,32)(H,30,31)(H4,25,26,29). The van der Waals surface area contributed by atoms with E-state index in [-0.39, 0.29) is 17.8 Å². The van der Waals surface area contributed by atoms with Crippen LogP contribution in [0.5, 0.6) is 0 Å². The van der Waals surface area contributed by atoms with Gasteiger partial charge in [-0.15, -0.1) is 0 Å². The lowest BCUT2D eigenvalue weighted by Crippen LogP contribution is -2.40. The van der Waals surface area contributed by atoms with E-state index in [0.717, 1.165) is 55.2 Å². The van der Waals surface area contributed by atoms with Gasteiger partial charge >= 0.3 is 0 Å². The van der Waals surface area contributed by atoms with Crippen LogP contribution in [0.1, 0.15) is 56.6 Å². The summed E-state index contributed by atoms with van der Waals surface area (Å²) >= 11 is 3.40. The predicted molar refractivity (Wildman–Crippen MR) is 133 cm³/mol. The van der Waals surface area contributed by atoms with Crippen LogP contribution < -0.4 is 33.2 Å². The van der Waals surface area contributed by atoms with Crippen molar-refractivity contribution in [2.45, 2.75) is 51.0 Å². The van der Waals surface area contributed by atoms with Crippen molar-refractivity contribution in [3.63, 3.8) is 0 Å². The zero-order valence-corrected chi connectivity index (χ0v) is 20.3. The summed E-state index contributed by atoms with van der Waals surface area (Å²) in [5.74, 6) is -0.280. The van der Waals surface area contributed by atoms with Crippen molar-refractivity contribution < 1.29 is 9.59 Å². The summed E-state index contributed by atoms with van der Waals surface area (Å²) in [4.78, 5) is 29.2. The van der Waals surface area contributed by atoms with E-state index in [1.165, 1.54) is 0 Å². The van der Waals surface area contributed by atoms with E-state index in [0.29, 0.717) is 32.5 Å². The maximum Gasteiger partial charge on any atom is 0.247 e. The zero-order valence-electron chi connectivity index (χ0n) is 18.7. The molecule has 0 bridgehead atoms. The smallest absolute Gasteiger partial charge is 0.247 e. The van der Waals surface area contributed by atoms with E-state index >= 15 is 0 Å². The summed E-state index contributed by atoms with van der Waals surface area (Å²) in [7, 11) is 0. The number of amides is 2. The molecular weight excluding hydrogens is 474 g/mol. The fraction of sp³-hybridized carbons (Fsp3) is 0.591. The molecule has 180 valence electrons. The lowest BCUT2D eigenvalue weighted by atomic mass is 10.1. The number of rotatable bonds is 17. The molecule has 0 saturated carbocycles. The van der Waals surface area contributed by atoms with Crippen molar-refractivity contribution in [1.29, 1.82) is 0 Å². The van der Waals surface area contributed by atoms with Crippen LogP contribution in [0.15, 0.2) is 33.7 Å². The molecule has 0 aliphatic carbocycles. The molecule has 0 aliphatic rings.